The summed E-state index contributed by atoms with van der Waals surface area (Å²) < 4.78 is 5.28. The Bertz CT molecular complexity index is 493. The molecule has 0 radical (unpaired) electrons. The molecular formula is C15H17NO3. The standard InChI is InChI=1S/C15H17NO3/c1-11(17)16-13(10-12-6-3-2-4-7-12)15(18)14-8-5-9-19-14/h2-4,6-8,13H,5,9-10H2,1H3,(H,16,17). The Hall–Kier alpha value is -2.10. The third-order valence-electron chi connectivity index (χ3n) is 2.92. The average molecular weight is 259 g/mol. The summed E-state index contributed by atoms with van der Waals surface area (Å²) in [5.41, 5.74) is 1.01. The Kier molecular flexibility index (Phi) is 4.34. The highest BCUT2D eigenvalue weighted by Gasteiger charge is 2.26. The third-order valence-corrected chi connectivity index (χ3v) is 2.92. The number of hydrogen-bond acceptors (Lipinski definition) is 3. The van der Waals surface area contributed by atoms with E-state index in [2.05, 4.69) is 5.32 Å². The third kappa shape index (κ3) is 3.68. The highest BCUT2D eigenvalue weighted by molar-refractivity contribution is 6.00. The lowest BCUT2D eigenvalue weighted by atomic mass is 10.0. The van der Waals surface area contributed by atoms with Crippen molar-refractivity contribution in [3.05, 3.63) is 47.7 Å². The van der Waals surface area contributed by atoms with Gasteiger partial charge in [0.15, 0.2) is 5.76 Å². The smallest absolute Gasteiger partial charge is 0.219 e. The molecule has 19 heavy (non-hydrogen) atoms. The van der Waals surface area contributed by atoms with Crippen molar-refractivity contribution in [3.63, 3.8) is 0 Å². The highest BCUT2D eigenvalue weighted by atomic mass is 16.5. The number of amides is 1. The molecule has 0 aliphatic carbocycles. The van der Waals surface area contributed by atoms with Crippen molar-refractivity contribution in [1.82, 2.24) is 5.32 Å². The number of rotatable bonds is 5. The summed E-state index contributed by atoms with van der Waals surface area (Å²) in [5.74, 6) is -0.000822. The normalized spacial score (nSPS) is 15.3. The molecule has 0 fully saturated rings. The van der Waals surface area contributed by atoms with Gasteiger partial charge in [0.05, 0.1) is 12.6 Å². The Morgan fingerprint density at radius 3 is 2.63 bits per heavy atom. The van der Waals surface area contributed by atoms with Gasteiger partial charge in [-0.25, -0.2) is 0 Å². The van der Waals surface area contributed by atoms with Gasteiger partial charge < -0.3 is 10.1 Å². The minimum atomic E-state index is -0.566. The molecule has 1 unspecified atom stereocenters. The lowest BCUT2D eigenvalue weighted by Crippen LogP contribution is -2.42. The molecule has 1 aliphatic heterocycles. The van der Waals surface area contributed by atoms with Crippen LogP contribution in [-0.4, -0.2) is 24.3 Å². The summed E-state index contributed by atoms with van der Waals surface area (Å²) in [4.78, 5) is 23.5. The van der Waals surface area contributed by atoms with E-state index >= 15 is 0 Å². The number of carbonyl (C=O) groups is 2. The first kappa shape index (κ1) is 13.3. The number of carbonyl (C=O) groups excluding carboxylic acids is 2. The molecule has 1 N–H and O–H groups in total. The van der Waals surface area contributed by atoms with Gasteiger partial charge in [-0.2, -0.15) is 0 Å². The van der Waals surface area contributed by atoms with Crippen LogP contribution in [0.3, 0.4) is 0 Å². The Morgan fingerprint density at radius 2 is 2.05 bits per heavy atom. The van der Waals surface area contributed by atoms with E-state index in [-0.39, 0.29) is 11.7 Å². The first-order valence-electron chi connectivity index (χ1n) is 6.35. The zero-order valence-corrected chi connectivity index (χ0v) is 10.9. The zero-order valence-electron chi connectivity index (χ0n) is 10.9. The van der Waals surface area contributed by atoms with E-state index in [0.717, 1.165) is 12.0 Å². The van der Waals surface area contributed by atoms with Crippen molar-refractivity contribution >= 4 is 11.7 Å². The minimum Gasteiger partial charge on any atom is -0.490 e. The summed E-state index contributed by atoms with van der Waals surface area (Å²) in [6.07, 6.45) is 3.00. The van der Waals surface area contributed by atoms with Crippen molar-refractivity contribution in [3.8, 4) is 0 Å². The summed E-state index contributed by atoms with van der Waals surface area (Å²) in [7, 11) is 0. The average Bonchev–Trinajstić information content (AvgIpc) is 2.91. The van der Waals surface area contributed by atoms with Crippen LogP contribution in [0.1, 0.15) is 18.9 Å². The lowest BCUT2D eigenvalue weighted by molar-refractivity contribution is -0.126. The largest absolute Gasteiger partial charge is 0.490 e. The molecule has 1 aromatic carbocycles. The van der Waals surface area contributed by atoms with Crippen molar-refractivity contribution in [2.45, 2.75) is 25.8 Å². The van der Waals surface area contributed by atoms with Crippen molar-refractivity contribution < 1.29 is 14.3 Å². The van der Waals surface area contributed by atoms with Gasteiger partial charge in [0.25, 0.3) is 0 Å². The van der Waals surface area contributed by atoms with Crippen LogP contribution in [0.2, 0.25) is 0 Å². The first-order chi connectivity index (χ1) is 9.16. The van der Waals surface area contributed by atoms with E-state index in [4.69, 9.17) is 4.74 Å². The molecule has 0 spiro atoms. The summed E-state index contributed by atoms with van der Waals surface area (Å²) >= 11 is 0. The van der Waals surface area contributed by atoms with Crippen molar-refractivity contribution in [1.29, 1.82) is 0 Å². The predicted molar refractivity (Wildman–Crippen MR) is 71.4 cm³/mol. The second kappa shape index (κ2) is 6.18. The summed E-state index contributed by atoms with van der Waals surface area (Å²) in [5, 5.41) is 2.70. The van der Waals surface area contributed by atoms with Gasteiger partial charge in [0, 0.05) is 19.8 Å². The van der Waals surface area contributed by atoms with E-state index in [1.165, 1.54) is 6.92 Å². The fraction of sp³-hybridized carbons (Fsp3) is 0.333. The van der Waals surface area contributed by atoms with Crippen LogP contribution in [0.5, 0.6) is 0 Å². The summed E-state index contributed by atoms with van der Waals surface area (Å²) in [6.45, 7) is 1.95. The molecule has 4 nitrogen and oxygen atoms in total. The number of ketones is 1. The molecule has 1 amide bonds. The molecule has 1 aromatic rings. The van der Waals surface area contributed by atoms with Gasteiger partial charge >= 0.3 is 0 Å². The van der Waals surface area contributed by atoms with Crippen molar-refractivity contribution in [2.24, 2.45) is 0 Å². The van der Waals surface area contributed by atoms with E-state index in [1.54, 1.807) is 6.08 Å². The van der Waals surface area contributed by atoms with Gasteiger partial charge in [0.1, 0.15) is 0 Å². The number of Topliss-reactive ketones (excluding diaryl/α,β-unsaturated/α-hetero) is 1. The second-order valence-electron chi connectivity index (χ2n) is 4.51. The fourth-order valence-electron chi connectivity index (χ4n) is 2.07. The fourth-order valence-corrected chi connectivity index (χ4v) is 2.07. The molecule has 4 heteroatoms. The molecule has 1 heterocycles. The van der Waals surface area contributed by atoms with Crippen LogP contribution in [0.15, 0.2) is 42.2 Å². The van der Waals surface area contributed by atoms with Crippen LogP contribution in [-0.2, 0) is 20.7 Å². The Balaban J connectivity index is 2.11. The van der Waals surface area contributed by atoms with E-state index in [1.807, 2.05) is 30.3 Å². The van der Waals surface area contributed by atoms with Gasteiger partial charge in [0.2, 0.25) is 11.7 Å². The summed E-state index contributed by atoms with van der Waals surface area (Å²) in [6, 6.07) is 9.05. The molecule has 100 valence electrons. The second-order valence-corrected chi connectivity index (χ2v) is 4.51. The maximum absolute atomic E-state index is 12.3. The van der Waals surface area contributed by atoms with E-state index in [9.17, 15) is 9.59 Å². The van der Waals surface area contributed by atoms with E-state index in [0.29, 0.717) is 18.8 Å². The van der Waals surface area contributed by atoms with Gasteiger partial charge in [-0.15, -0.1) is 0 Å². The number of hydrogen-bond donors (Lipinski definition) is 1. The molecule has 1 atom stereocenters. The van der Waals surface area contributed by atoms with Gasteiger partial charge in [-0.05, 0) is 11.6 Å². The van der Waals surface area contributed by atoms with E-state index < -0.39 is 6.04 Å². The molecule has 0 saturated carbocycles. The minimum absolute atomic E-state index is 0.156. The SMILES string of the molecule is CC(=O)NC(Cc1ccccc1)C(=O)C1=CCCO1. The van der Waals surface area contributed by atoms with Crippen molar-refractivity contribution in [2.75, 3.05) is 6.61 Å². The van der Waals surface area contributed by atoms with Crippen LogP contribution in [0.4, 0.5) is 0 Å². The Labute approximate surface area is 112 Å². The molecule has 0 saturated heterocycles. The van der Waals surface area contributed by atoms with Gasteiger partial charge in [-0.1, -0.05) is 30.3 Å². The first-order valence-corrected chi connectivity index (χ1v) is 6.35. The molecular weight excluding hydrogens is 242 g/mol. The highest BCUT2D eigenvalue weighted by Crippen LogP contribution is 2.14. The number of nitrogens with one attached hydrogen (secondary N) is 1. The van der Waals surface area contributed by atoms with Crippen LogP contribution in [0, 0.1) is 0 Å². The molecule has 1 aliphatic rings. The quantitative estimate of drug-likeness (QED) is 0.874. The number of ether oxygens (including phenoxy) is 1. The Morgan fingerprint density at radius 1 is 1.32 bits per heavy atom. The van der Waals surface area contributed by atoms with Crippen LogP contribution >= 0.6 is 0 Å². The molecule has 0 aromatic heterocycles. The monoisotopic (exact) mass is 259 g/mol. The predicted octanol–water partition coefficient (Wildman–Crippen LogP) is 1.61. The molecule has 2 rings (SSSR count). The van der Waals surface area contributed by atoms with Crippen LogP contribution < -0.4 is 5.32 Å². The number of benzene rings is 1. The topological polar surface area (TPSA) is 55.4 Å². The lowest BCUT2D eigenvalue weighted by Gasteiger charge is -2.17. The maximum Gasteiger partial charge on any atom is 0.219 e. The van der Waals surface area contributed by atoms with Gasteiger partial charge in [-0.3, -0.25) is 9.59 Å². The maximum atomic E-state index is 12.3. The zero-order chi connectivity index (χ0) is 13.7. The molecule has 0 bridgehead atoms. The van der Waals surface area contributed by atoms with Crippen LogP contribution in [0.25, 0.3) is 0 Å².